The SMILES string of the molecule is c1ccc(-n2c3ccccc3c3cc(-c4ccc5c(c4)c4ccccc4n4c5nc5c6ccccc6c6ccccc6c54)ccc32)cc1. The highest BCUT2D eigenvalue weighted by Gasteiger charge is 2.19. The molecule has 0 saturated carbocycles. The van der Waals surface area contributed by atoms with Crippen molar-refractivity contribution in [1.82, 2.24) is 14.0 Å². The summed E-state index contributed by atoms with van der Waals surface area (Å²) in [5.41, 5.74) is 10.4. The van der Waals surface area contributed by atoms with E-state index in [1.54, 1.807) is 0 Å². The molecule has 3 nitrogen and oxygen atoms in total. The van der Waals surface area contributed by atoms with Crippen LogP contribution in [0.5, 0.6) is 0 Å². The first-order valence-electron chi connectivity index (χ1n) is 16.5. The lowest BCUT2D eigenvalue weighted by molar-refractivity contribution is 1.18. The molecular weight excluding hydrogens is 583 g/mol. The highest BCUT2D eigenvalue weighted by Crippen LogP contribution is 2.41. The van der Waals surface area contributed by atoms with Gasteiger partial charge in [-0.25, -0.2) is 4.98 Å². The van der Waals surface area contributed by atoms with Gasteiger partial charge in [-0.15, -0.1) is 0 Å². The van der Waals surface area contributed by atoms with Crippen molar-refractivity contribution in [3.8, 4) is 16.8 Å². The number of benzene rings is 8. The molecule has 0 N–H and O–H groups in total. The third-order valence-corrected chi connectivity index (χ3v) is 10.2. The summed E-state index contributed by atoms with van der Waals surface area (Å²) in [7, 11) is 0. The molecule has 0 bridgehead atoms. The van der Waals surface area contributed by atoms with E-state index in [-0.39, 0.29) is 0 Å². The number of aromatic nitrogens is 3. The van der Waals surface area contributed by atoms with Gasteiger partial charge in [0.1, 0.15) is 5.65 Å². The maximum Gasteiger partial charge on any atom is 0.146 e. The lowest BCUT2D eigenvalue weighted by Crippen LogP contribution is -1.93. The summed E-state index contributed by atoms with van der Waals surface area (Å²) >= 11 is 0. The molecule has 222 valence electrons. The van der Waals surface area contributed by atoms with E-state index in [9.17, 15) is 0 Å². The fourth-order valence-corrected chi connectivity index (χ4v) is 8.17. The molecule has 0 fully saturated rings. The molecule has 0 amide bonds. The first-order valence-corrected chi connectivity index (χ1v) is 16.5. The average Bonchev–Trinajstić information content (AvgIpc) is 3.73. The topological polar surface area (TPSA) is 22.2 Å². The Kier molecular flexibility index (Phi) is 5.11. The number of hydrogen-bond donors (Lipinski definition) is 0. The van der Waals surface area contributed by atoms with Crippen molar-refractivity contribution in [2.45, 2.75) is 0 Å². The van der Waals surface area contributed by atoms with Crippen molar-refractivity contribution >= 4 is 81.7 Å². The Labute approximate surface area is 275 Å². The van der Waals surface area contributed by atoms with Crippen molar-refractivity contribution in [2.75, 3.05) is 0 Å². The second-order valence-electron chi connectivity index (χ2n) is 12.8. The summed E-state index contributed by atoms with van der Waals surface area (Å²) < 4.78 is 4.77. The quantitative estimate of drug-likeness (QED) is 0.179. The van der Waals surface area contributed by atoms with E-state index < -0.39 is 0 Å². The van der Waals surface area contributed by atoms with E-state index in [1.165, 1.54) is 82.0 Å². The lowest BCUT2D eigenvalue weighted by atomic mass is 9.97. The van der Waals surface area contributed by atoms with Crippen LogP contribution in [0.4, 0.5) is 0 Å². The number of fused-ring (bicyclic) bond motifs is 16. The van der Waals surface area contributed by atoms with Crippen LogP contribution < -0.4 is 0 Å². The molecular formula is C45H27N3. The van der Waals surface area contributed by atoms with Gasteiger partial charge in [-0.05, 0) is 75.8 Å². The predicted molar refractivity (Wildman–Crippen MR) is 202 cm³/mol. The van der Waals surface area contributed by atoms with Gasteiger partial charge in [0, 0.05) is 38.0 Å². The Morgan fingerprint density at radius 3 is 1.67 bits per heavy atom. The molecule has 48 heavy (non-hydrogen) atoms. The fourth-order valence-electron chi connectivity index (χ4n) is 8.17. The van der Waals surface area contributed by atoms with E-state index in [4.69, 9.17) is 4.98 Å². The van der Waals surface area contributed by atoms with Crippen LogP contribution in [-0.2, 0) is 0 Å². The zero-order valence-corrected chi connectivity index (χ0v) is 25.9. The first kappa shape index (κ1) is 25.7. The average molecular weight is 610 g/mol. The molecule has 11 rings (SSSR count). The van der Waals surface area contributed by atoms with Crippen molar-refractivity contribution in [3.63, 3.8) is 0 Å². The molecule has 3 heterocycles. The van der Waals surface area contributed by atoms with E-state index in [0.29, 0.717) is 0 Å². The van der Waals surface area contributed by atoms with Gasteiger partial charge in [-0.3, -0.25) is 4.40 Å². The number of rotatable bonds is 2. The summed E-state index contributed by atoms with van der Waals surface area (Å²) in [5, 5.41) is 11.0. The second kappa shape index (κ2) is 9.54. The maximum atomic E-state index is 5.44. The van der Waals surface area contributed by atoms with Gasteiger partial charge in [-0.2, -0.15) is 0 Å². The Morgan fingerprint density at radius 1 is 0.354 bits per heavy atom. The highest BCUT2D eigenvalue weighted by atomic mass is 15.0. The molecule has 8 aromatic carbocycles. The predicted octanol–water partition coefficient (Wildman–Crippen LogP) is 11.9. The number of pyridine rings is 1. The number of hydrogen-bond acceptors (Lipinski definition) is 1. The zero-order valence-electron chi connectivity index (χ0n) is 25.9. The second-order valence-corrected chi connectivity index (χ2v) is 12.8. The Bertz CT molecular complexity index is 3110. The summed E-state index contributed by atoms with van der Waals surface area (Å²) in [6, 6.07) is 59.4. The van der Waals surface area contributed by atoms with Crippen LogP contribution in [0.1, 0.15) is 0 Å². The minimum atomic E-state index is 0.994. The summed E-state index contributed by atoms with van der Waals surface area (Å²) in [4.78, 5) is 5.44. The van der Waals surface area contributed by atoms with Crippen LogP contribution in [0, 0.1) is 0 Å². The molecule has 0 aliphatic heterocycles. The van der Waals surface area contributed by atoms with Gasteiger partial charge in [0.2, 0.25) is 0 Å². The molecule has 11 aromatic rings. The number of para-hydroxylation sites is 3. The molecule has 0 atom stereocenters. The van der Waals surface area contributed by atoms with Gasteiger partial charge >= 0.3 is 0 Å². The normalized spacial score (nSPS) is 12.2. The molecule has 3 aromatic heterocycles. The van der Waals surface area contributed by atoms with Crippen molar-refractivity contribution in [3.05, 3.63) is 164 Å². The Balaban J connectivity index is 1.21. The van der Waals surface area contributed by atoms with Gasteiger partial charge in [-0.1, -0.05) is 115 Å². The zero-order chi connectivity index (χ0) is 31.3. The first-order chi connectivity index (χ1) is 23.8. The maximum absolute atomic E-state index is 5.44. The van der Waals surface area contributed by atoms with Gasteiger partial charge < -0.3 is 4.57 Å². The van der Waals surface area contributed by atoms with E-state index in [1.807, 2.05) is 0 Å². The number of imidazole rings is 1. The molecule has 0 saturated heterocycles. The molecule has 0 unspecified atom stereocenters. The van der Waals surface area contributed by atoms with Gasteiger partial charge in [0.25, 0.3) is 0 Å². The van der Waals surface area contributed by atoms with Crippen molar-refractivity contribution in [1.29, 1.82) is 0 Å². The lowest BCUT2D eigenvalue weighted by Gasteiger charge is -2.12. The summed E-state index contributed by atoms with van der Waals surface area (Å²) in [6.07, 6.45) is 0. The van der Waals surface area contributed by atoms with Gasteiger partial charge in [0.15, 0.2) is 0 Å². The third-order valence-electron chi connectivity index (χ3n) is 10.2. The highest BCUT2D eigenvalue weighted by molar-refractivity contribution is 6.26. The Hall–Kier alpha value is -6.45. The van der Waals surface area contributed by atoms with E-state index in [2.05, 4.69) is 173 Å². The van der Waals surface area contributed by atoms with Crippen LogP contribution in [-0.4, -0.2) is 14.0 Å². The molecule has 0 radical (unpaired) electrons. The number of nitrogens with zero attached hydrogens (tertiary/aromatic N) is 3. The largest absolute Gasteiger partial charge is 0.309 e. The molecule has 0 aliphatic carbocycles. The molecule has 0 aliphatic rings. The molecule has 0 spiro atoms. The standard InChI is InChI=1S/C45H27N3/c1-2-12-30(13-3-1)47-40-20-10-9-17-34(40)39-27-29(23-25-42(39)47)28-22-24-37-38(26-28)33-16-8-11-21-41(33)48-44-36-19-7-5-15-32(36)31-14-4-6-18-35(31)43(44)46-45(37)48/h1-27H. The monoisotopic (exact) mass is 609 g/mol. The Morgan fingerprint density at radius 2 is 0.896 bits per heavy atom. The van der Waals surface area contributed by atoms with Crippen LogP contribution in [0.25, 0.3) is 98.5 Å². The van der Waals surface area contributed by atoms with Crippen molar-refractivity contribution in [2.24, 2.45) is 0 Å². The van der Waals surface area contributed by atoms with Crippen LogP contribution >= 0.6 is 0 Å². The van der Waals surface area contributed by atoms with Crippen LogP contribution in [0.2, 0.25) is 0 Å². The fraction of sp³-hybridized carbons (Fsp3) is 0. The minimum Gasteiger partial charge on any atom is -0.309 e. The van der Waals surface area contributed by atoms with E-state index in [0.717, 1.165) is 16.6 Å². The van der Waals surface area contributed by atoms with Crippen LogP contribution in [0.15, 0.2) is 164 Å². The third kappa shape index (κ3) is 3.40. The van der Waals surface area contributed by atoms with Crippen LogP contribution in [0.3, 0.4) is 0 Å². The minimum absolute atomic E-state index is 0.994. The molecule has 3 heteroatoms. The van der Waals surface area contributed by atoms with Gasteiger partial charge in [0.05, 0.1) is 27.6 Å². The smallest absolute Gasteiger partial charge is 0.146 e. The van der Waals surface area contributed by atoms with E-state index >= 15 is 0 Å². The van der Waals surface area contributed by atoms with Crippen molar-refractivity contribution < 1.29 is 0 Å². The summed E-state index contributed by atoms with van der Waals surface area (Å²) in [5.74, 6) is 0. The summed E-state index contributed by atoms with van der Waals surface area (Å²) in [6.45, 7) is 0.